The zero-order valence-corrected chi connectivity index (χ0v) is 13.2. The molecule has 21 heavy (non-hydrogen) atoms. The largest absolute Gasteiger partial charge is 0.377 e. The molecule has 1 saturated heterocycles. The summed E-state index contributed by atoms with van der Waals surface area (Å²) in [6.07, 6.45) is 1.41. The molecule has 4 nitrogen and oxygen atoms in total. The van der Waals surface area contributed by atoms with Crippen molar-refractivity contribution in [3.63, 3.8) is 0 Å². The second-order valence-corrected chi connectivity index (χ2v) is 6.90. The molecular weight excluding hydrogens is 264 g/mol. The van der Waals surface area contributed by atoms with E-state index in [0.717, 1.165) is 31.7 Å². The zero-order chi connectivity index (χ0) is 15.5. The number of carbonyl (C=O) groups is 1. The van der Waals surface area contributed by atoms with Gasteiger partial charge < -0.3 is 15.8 Å². The van der Waals surface area contributed by atoms with Crippen LogP contribution in [-0.2, 0) is 11.3 Å². The maximum absolute atomic E-state index is 11.2. The Morgan fingerprint density at radius 3 is 2.86 bits per heavy atom. The summed E-state index contributed by atoms with van der Waals surface area (Å²) in [7, 11) is 0. The van der Waals surface area contributed by atoms with E-state index in [1.807, 2.05) is 18.2 Å². The third-order valence-corrected chi connectivity index (χ3v) is 4.01. The highest BCUT2D eigenvalue weighted by molar-refractivity contribution is 5.92. The highest BCUT2D eigenvalue weighted by Crippen LogP contribution is 2.34. The first-order valence-corrected chi connectivity index (χ1v) is 7.59. The number of hydrogen-bond donors (Lipinski definition) is 2. The van der Waals surface area contributed by atoms with Gasteiger partial charge in [0.2, 0.25) is 5.91 Å². The molecule has 1 amide bonds. The summed E-state index contributed by atoms with van der Waals surface area (Å²) in [6, 6.07) is 7.47. The van der Waals surface area contributed by atoms with Gasteiger partial charge in [-0.15, -0.1) is 0 Å². The summed E-state index contributed by atoms with van der Waals surface area (Å²) in [4.78, 5) is 11.2. The number of nitrogens with two attached hydrogens (primary N) is 1. The molecule has 0 bridgehead atoms. The van der Waals surface area contributed by atoms with Crippen LogP contribution in [0.4, 0.5) is 0 Å². The lowest BCUT2D eigenvalue weighted by molar-refractivity contribution is 0.00721. The quantitative estimate of drug-likeness (QED) is 0.874. The number of nitrogens with one attached hydrogen (secondary N) is 1. The number of primary amides is 1. The Labute approximate surface area is 127 Å². The third kappa shape index (κ3) is 4.29. The van der Waals surface area contributed by atoms with Gasteiger partial charge in [0.1, 0.15) is 0 Å². The van der Waals surface area contributed by atoms with Crippen molar-refractivity contribution in [3.05, 3.63) is 35.4 Å². The molecule has 1 heterocycles. The Morgan fingerprint density at radius 2 is 2.19 bits per heavy atom. The lowest BCUT2D eigenvalue weighted by atomic mass is 9.81. The Morgan fingerprint density at radius 1 is 1.43 bits per heavy atom. The molecule has 4 heteroatoms. The highest BCUT2D eigenvalue weighted by Gasteiger charge is 2.36. The van der Waals surface area contributed by atoms with Gasteiger partial charge in [-0.1, -0.05) is 32.9 Å². The molecule has 0 aromatic heterocycles. The van der Waals surface area contributed by atoms with Crippen molar-refractivity contribution in [2.75, 3.05) is 13.2 Å². The molecule has 3 N–H and O–H groups in total. The van der Waals surface area contributed by atoms with E-state index in [0.29, 0.717) is 17.6 Å². The average Bonchev–Trinajstić information content (AvgIpc) is 2.87. The van der Waals surface area contributed by atoms with Gasteiger partial charge in [-0.05, 0) is 29.5 Å². The van der Waals surface area contributed by atoms with Gasteiger partial charge in [0.25, 0.3) is 0 Å². The summed E-state index contributed by atoms with van der Waals surface area (Å²) in [6.45, 7) is 9.22. The van der Waals surface area contributed by atoms with Crippen LogP contribution in [0.15, 0.2) is 24.3 Å². The van der Waals surface area contributed by atoms with Crippen LogP contribution in [0.5, 0.6) is 0 Å². The van der Waals surface area contributed by atoms with Crippen LogP contribution in [0.25, 0.3) is 0 Å². The first kappa shape index (κ1) is 16.0. The Balaban J connectivity index is 1.87. The second kappa shape index (κ2) is 6.58. The van der Waals surface area contributed by atoms with E-state index in [1.54, 1.807) is 6.07 Å². The Kier molecular flexibility index (Phi) is 5.01. The first-order valence-electron chi connectivity index (χ1n) is 7.59. The van der Waals surface area contributed by atoms with Crippen LogP contribution < -0.4 is 11.1 Å². The zero-order valence-electron chi connectivity index (χ0n) is 13.2. The number of ether oxygens (including phenoxy) is 1. The summed E-state index contributed by atoms with van der Waals surface area (Å²) in [5.41, 5.74) is 7.12. The molecule has 0 saturated carbocycles. The van der Waals surface area contributed by atoms with Crippen molar-refractivity contribution >= 4 is 5.91 Å². The lowest BCUT2D eigenvalue weighted by Gasteiger charge is -2.31. The molecule has 2 rings (SSSR count). The Hall–Kier alpha value is -1.39. The second-order valence-electron chi connectivity index (χ2n) is 6.90. The molecule has 0 radical (unpaired) electrons. The minimum Gasteiger partial charge on any atom is -0.377 e. The van der Waals surface area contributed by atoms with E-state index in [-0.39, 0.29) is 11.3 Å². The van der Waals surface area contributed by atoms with E-state index >= 15 is 0 Å². The van der Waals surface area contributed by atoms with Crippen LogP contribution in [0.2, 0.25) is 0 Å². The van der Waals surface area contributed by atoms with Crippen molar-refractivity contribution in [2.45, 2.75) is 39.8 Å². The third-order valence-electron chi connectivity index (χ3n) is 4.01. The fourth-order valence-corrected chi connectivity index (χ4v) is 3.04. The van der Waals surface area contributed by atoms with Gasteiger partial charge in [-0.2, -0.15) is 0 Å². The number of hydrogen-bond acceptors (Lipinski definition) is 3. The molecular formula is C17H26N2O2. The average molecular weight is 290 g/mol. The minimum absolute atomic E-state index is 0.175. The molecule has 1 aromatic carbocycles. The van der Waals surface area contributed by atoms with E-state index in [9.17, 15) is 4.79 Å². The van der Waals surface area contributed by atoms with Gasteiger partial charge in [-0.3, -0.25) is 4.79 Å². The van der Waals surface area contributed by atoms with Crippen molar-refractivity contribution in [1.29, 1.82) is 0 Å². The van der Waals surface area contributed by atoms with Crippen molar-refractivity contribution in [1.82, 2.24) is 5.32 Å². The number of carbonyl (C=O) groups excluding carboxylic acids is 1. The topological polar surface area (TPSA) is 64.3 Å². The molecule has 1 aliphatic rings. The van der Waals surface area contributed by atoms with Crippen LogP contribution in [0, 0.1) is 11.3 Å². The summed E-state index contributed by atoms with van der Waals surface area (Å²) >= 11 is 0. The van der Waals surface area contributed by atoms with E-state index < -0.39 is 0 Å². The van der Waals surface area contributed by atoms with Gasteiger partial charge in [-0.25, -0.2) is 0 Å². The summed E-state index contributed by atoms with van der Waals surface area (Å²) < 4.78 is 5.88. The predicted octanol–water partition coefficient (Wildman–Crippen LogP) is 2.33. The summed E-state index contributed by atoms with van der Waals surface area (Å²) in [5.74, 6) is 0.165. The van der Waals surface area contributed by atoms with Gasteiger partial charge in [0, 0.05) is 31.2 Å². The molecule has 2 atom stereocenters. The first-order chi connectivity index (χ1) is 9.88. The number of rotatable bonds is 5. The monoisotopic (exact) mass is 290 g/mol. The molecule has 1 aromatic rings. The van der Waals surface area contributed by atoms with Crippen LogP contribution in [-0.4, -0.2) is 25.2 Å². The molecule has 0 spiro atoms. The Bertz CT molecular complexity index is 494. The minimum atomic E-state index is -0.381. The van der Waals surface area contributed by atoms with E-state index in [1.165, 1.54) is 0 Å². The lowest BCUT2D eigenvalue weighted by Crippen LogP contribution is -2.36. The molecule has 0 aliphatic carbocycles. The smallest absolute Gasteiger partial charge is 0.248 e. The SMILES string of the molecule is CC(C)(C)[C@H]1OCC[C@@H]1CNCc1cccc(C(N)=O)c1. The standard InChI is InChI=1S/C17H26N2O2/c1-17(2,3)15-14(7-8-21-15)11-19-10-12-5-4-6-13(9-12)16(18)20/h4-6,9,14-15,19H,7-8,10-11H2,1-3H3,(H2,18,20)/t14-,15+/m1/s1. The normalized spacial score (nSPS) is 22.4. The van der Waals surface area contributed by atoms with Gasteiger partial charge >= 0.3 is 0 Å². The van der Waals surface area contributed by atoms with Crippen LogP contribution in [0.1, 0.15) is 43.1 Å². The molecule has 0 unspecified atom stereocenters. The fraction of sp³-hybridized carbons (Fsp3) is 0.588. The van der Waals surface area contributed by atoms with E-state index in [4.69, 9.17) is 10.5 Å². The predicted molar refractivity (Wildman–Crippen MR) is 84.0 cm³/mol. The van der Waals surface area contributed by atoms with Crippen LogP contribution >= 0.6 is 0 Å². The van der Waals surface area contributed by atoms with Gasteiger partial charge in [0.05, 0.1) is 6.10 Å². The van der Waals surface area contributed by atoms with Crippen molar-refractivity contribution in [3.8, 4) is 0 Å². The van der Waals surface area contributed by atoms with Crippen molar-refractivity contribution < 1.29 is 9.53 Å². The van der Waals surface area contributed by atoms with Gasteiger partial charge in [0.15, 0.2) is 0 Å². The molecule has 116 valence electrons. The summed E-state index contributed by atoms with van der Waals surface area (Å²) in [5, 5.41) is 3.48. The maximum atomic E-state index is 11.2. The van der Waals surface area contributed by atoms with Crippen molar-refractivity contribution in [2.24, 2.45) is 17.1 Å². The maximum Gasteiger partial charge on any atom is 0.248 e. The highest BCUT2D eigenvalue weighted by atomic mass is 16.5. The fourth-order valence-electron chi connectivity index (χ4n) is 3.04. The number of amides is 1. The number of benzene rings is 1. The molecule has 1 aliphatic heterocycles. The van der Waals surface area contributed by atoms with Crippen LogP contribution in [0.3, 0.4) is 0 Å². The van der Waals surface area contributed by atoms with E-state index in [2.05, 4.69) is 26.1 Å². The molecule has 1 fully saturated rings.